The summed E-state index contributed by atoms with van der Waals surface area (Å²) >= 11 is 1.37. The first-order valence-corrected chi connectivity index (χ1v) is 7.35. The van der Waals surface area contributed by atoms with Gasteiger partial charge in [0.2, 0.25) is 0 Å². The molecule has 0 spiro atoms. The molecule has 1 aromatic carbocycles. The van der Waals surface area contributed by atoms with E-state index in [2.05, 4.69) is 21.8 Å². The fourth-order valence-electron chi connectivity index (χ4n) is 1.99. The van der Waals surface area contributed by atoms with Crippen LogP contribution < -0.4 is 10.1 Å². The second kappa shape index (κ2) is 7.31. The second-order valence-electron chi connectivity index (χ2n) is 4.50. The van der Waals surface area contributed by atoms with E-state index in [1.807, 2.05) is 6.07 Å². The smallest absolute Gasteiger partial charge is 0.165 e. The number of halogens is 1. The predicted octanol–water partition coefficient (Wildman–Crippen LogP) is 2.97. The van der Waals surface area contributed by atoms with Crippen molar-refractivity contribution in [3.8, 4) is 5.75 Å². The van der Waals surface area contributed by atoms with Crippen LogP contribution in [0.2, 0.25) is 0 Å². The van der Waals surface area contributed by atoms with Gasteiger partial charge in [0.25, 0.3) is 0 Å². The fourth-order valence-corrected chi connectivity index (χ4v) is 2.57. The molecule has 1 heterocycles. The van der Waals surface area contributed by atoms with Gasteiger partial charge in [0, 0.05) is 6.04 Å². The maximum Gasteiger partial charge on any atom is 0.165 e. The molecule has 0 saturated heterocycles. The van der Waals surface area contributed by atoms with Crippen LogP contribution in [0.15, 0.2) is 24.4 Å². The van der Waals surface area contributed by atoms with Crippen LogP contribution in [0.25, 0.3) is 0 Å². The number of rotatable bonds is 7. The lowest BCUT2D eigenvalue weighted by Crippen LogP contribution is -2.23. The number of methoxy groups -OCH3 is 1. The SMILES string of the molecule is CCCNC(Cc1ccc(OC)c(F)c1)c1cnns1. The molecule has 2 rings (SSSR count). The molecule has 0 radical (unpaired) electrons. The van der Waals surface area contributed by atoms with Gasteiger partial charge >= 0.3 is 0 Å². The number of nitrogens with zero attached hydrogens (tertiary/aromatic N) is 2. The van der Waals surface area contributed by atoms with Crippen LogP contribution in [0, 0.1) is 5.82 Å². The van der Waals surface area contributed by atoms with Gasteiger partial charge < -0.3 is 10.1 Å². The highest BCUT2D eigenvalue weighted by Crippen LogP contribution is 2.24. The molecule has 0 bridgehead atoms. The maximum absolute atomic E-state index is 13.7. The van der Waals surface area contributed by atoms with Gasteiger partial charge in [-0.05, 0) is 48.6 Å². The zero-order valence-electron chi connectivity index (χ0n) is 11.6. The lowest BCUT2D eigenvalue weighted by atomic mass is 10.0. The van der Waals surface area contributed by atoms with Crippen molar-refractivity contribution in [3.05, 3.63) is 40.7 Å². The zero-order valence-corrected chi connectivity index (χ0v) is 12.4. The lowest BCUT2D eigenvalue weighted by Gasteiger charge is -2.16. The Morgan fingerprint density at radius 3 is 2.90 bits per heavy atom. The summed E-state index contributed by atoms with van der Waals surface area (Å²) < 4.78 is 22.6. The summed E-state index contributed by atoms with van der Waals surface area (Å²) in [6, 6.07) is 5.18. The standard InChI is InChI=1S/C14H18FN3OS/c1-3-6-16-12(14-9-17-18-20-14)8-10-4-5-13(19-2)11(15)7-10/h4-5,7,9,12,16H,3,6,8H2,1-2H3. The minimum atomic E-state index is -0.332. The lowest BCUT2D eigenvalue weighted by molar-refractivity contribution is 0.386. The van der Waals surface area contributed by atoms with Gasteiger partial charge in [-0.3, -0.25) is 0 Å². The average Bonchev–Trinajstić information content (AvgIpc) is 2.97. The topological polar surface area (TPSA) is 47.0 Å². The average molecular weight is 295 g/mol. The Morgan fingerprint density at radius 2 is 2.30 bits per heavy atom. The number of nitrogens with one attached hydrogen (secondary N) is 1. The van der Waals surface area contributed by atoms with Gasteiger partial charge in [0.05, 0.1) is 18.2 Å². The first-order valence-electron chi connectivity index (χ1n) is 6.57. The van der Waals surface area contributed by atoms with Crippen molar-refractivity contribution in [2.45, 2.75) is 25.8 Å². The van der Waals surface area contributed by atoms with E-state index in [1.54, 1.807) is 12.3 Å². The van der Waals surface area contributed by atoms with Crippen molar-refractivity contribution >= 4 is 11.5 Å². The Bertz CT molecular complexity index is 533. The van der Waals surface area contributed by atoms with Crippen molar-refractivity contribution in [1.82, 2.24) is 14.9 Å². The Labute approximate surface area is 122 Å². The summed E-state index contributed by atoms with van der Waals surface area (Å²) in [5, 5.41) is 7.32. The third kappa shape index (κ3) is 3.74. The third-order valence-electron chi connectivity index (χ3n) is 3.02. The highest BCUT2D eigenvalue weighted by Gasteiger charge is 2.15. The molecule has 0 fully saturated rings. The summed E-state index contributed by atoms with van der Waals surface area (Å²) in [4.78, 5) is 1.06. The molecule has 108 valence electrons. The minimum absolute atomic E-state index is 0.114. The molecule has 0 amide bonds. The number of benzene rings is 1. The van der Waals surface area contributed by atoms with Crippen LogP contribution in [-0.4, -0.2) is 23.2 Å². The molecule has 1 aromatic heterocycles. The van der Waals surface area contributed by atoms with E-state index in [1.165, 1.54) is 24.7 Å². The number of ether oxygens (including phenoxy) is 1. The minimum Gasteiger partial charge on any atom is -0.494 e. The summed E-state index contributed by atoms with van der Waals surface area (Å²) in [6.45, 7) is 3.02. The molecule has 2 aromatic rings. The fraction of sp³-hybridized carbons (Fsp3) is 0.429. The molecule has 1 N–H and O–H groups in total. The van der Waals surface area contributed by atoms with E-state index in [4.69, 9.17) is 4.74 Å². The van der Waals surface area contributed by atoms with Crippen molar-refractivity contribution in [3.63, 3.8) is 0 Å². The van der Waals surface area contributed by atoms with E-state index in [-0.39, 0.29) is 17.6 Å². The van der Waals surface area contributed by atoms with Crippen LogP contribution in [0.5, 0.6) is 5.75 Å². The molecular weight excluding hydrogens is 277 g/mol. The monoisotopic (exact) mass is 295 g/mol. The van der Waals surface area contributed by atoms with E-state index < -0.39 is 0 Å². The summed E-state index contributed by atoms with van der Waals surface area (Å²) in [5.74, 6) is -0.0621. The van der Waals surface area contributed by atoms with Gasteiger partial charge in [-0.25, -0.2) is 4.39 Å². The van der Waals surface area contributed by atoms with E-state index in [9.17, 15) is 4.39 Å². The van der Waals surface area contributed by atoms with Crippen LogP contribution in [0.3, 0.4) is 0 Å². The van der Waals surface area contributed by atoms with Gasteiger partial charge in [-0.1, -0.05) is 17.5 Å². The van der Waals surface area contributed by atoms with Gasteiger partial charge in [-0.2, -0.15) is 0 Å². The molecule has 1 unspecified atom stereocenters. The maximum atomic E-state index is 13.7. The summed E-state index contributed by atoms with van der Waals surface area (Å²) in [7, 11) is 1.46. The highest BCUT2D eigenvalue weighted by molar-refractivity contribution is 7.05. The quantitative estimate of drug-likeness (QED) is 0.853. The first-order chi connectivity index (χ1) is 9.74. The van der Waals surface area contributed by atoms with E-state index in [0.29, 0.717) is 6.42 Å². The first kappa shape index (κ1) is 14.9. The molecule has 20 heavy (non-hydrogen) atoms. The predicted molar refractivity (Wildman–Crippen MR) is 77.6 cm³/mol. The molecule has 0 aliphatic rings. The number of hydrogen-bond donors (Lipinski definition) is 1. The van der Waals surface area contributed by atoms with Crippen molar-refractivity contribution in [1.29, 1.82) is 0 Å². The van der Waals surface area contributed by atoms with E-state index in [0.717, 1.165) is 23.4 Å². The Morgan fingerprint density at radius 1 is 1.45 bits per heavy atom. The highest BCUT2D eigenvalue weighted by atomic mass is 32.1. The molecule has 0 aliphatic heterocycles. The van der Waals surface area contributed by atoms with Crippen molar-refractivity contribution in [2.24, 2.45) is 0 Å². The Hall–Kier alpha value is -1.53. The van der Waals surface area contributed by atoms with E-state index >= 15 is 0 Å². The summed E-state index contributed by atoms with van der Waals surface area (Å²) in [5.41, 5.74) is 0.922. The molecule has 0 saturated carbocycles. The normalized spacial score (nSPS) is 12.3. The number of hydrogen-bond acceptors (Lipinski definition) is 5. The molecule has 0 aliphatic carbocycles. The van der Waals surface area contributed by atoms with Crippen LogP contribution in [0.4, 0.5) is 4.39 Å². The zero-order chi connectivity index (χ0) is 14.4. The second-order valence-corrected chi connectivity index (χ2v) is 5.32. The summed E-state index contributed by atoms with van der Waals surface area (Å²) in [6.07, 6.45) is 3.50. The Kier molecular flexibility index (Phi) is 5.43. The Balaban J connectivity index is 2.13. The van der Waals surface area contributed by atoms with Crippen LogP contribution in [0.1, 0.15) is 29.8 Å². The number of aromatic nitrogens is 2. The van der Waals surface area contributed by atoms with Crippen molar-refractivity contribution < 1.29 is 9.13 Å². The molecule has 6 heteroatoms. The third-order valence-corrected chi connectivity index (χ3v) is 3.80. The van der Waals surface area contributed by atoms with Crippen LogP contribution >= 0.6 is 11.5 Å². The largest absolute Gasteiger partial charge is 0.494 e. The van der Waals surface area contributed by atoms with Crippen LogP contribution in [-0.2, 0) is 6.42 Å². The van der Waals surface area contributed by atoms with Crippen molar-refractivity contribution in [2.75, 3.05) is 13.7 Å². The van der Waals surface area contributed by atoms with Gasteiger partial charge in [-0.15, -0.1) is 5.10 Å². The van der Waals surface area contributed by atoms with Gasteiger partial charge in [0.15, 0.2) is 11.6 Å². The molecule has 4 nitrogen and oxygen atoms in total. The molecular formula is C14H18FN3OS. The molecule has 1 atom stereocenters. The van der Waals surface area contributed by atoms with Gasteiger partial charge in [0.1, 0.15) is 0 Å².